The quantitative estimate of drug-likeness (QED) is 0.402. The van der Waals surface area contributed by atoms with E-state index in [9.17, 15) is 0 Å². The van der Waals surface area contributed by atoms with Crippen molar-refractivity contribution in [2.75, 3.05) is 26.7 Å². The van der Waals surface area contributed by atoms with Crippen molar-refractivity contribution in [1.82, 2.24) is 10.2 Å². The summed E-state index contributed by atoms with van der Waals surface area (Å²) in [6, 6.07) is 8.36. The number of benzene rings is 1. The summed E-state index contributed by atoms with van der Waals surface area (Å²) in [6.45, 7) is 3.15. The van der Waals surface area contributed by atoms with Gasteiger partial charge < -0.3 is 15.0 Å². The molecule has 4 unspecified atom stereocenters. The fraction of sp³-hybridized carbons (Fsp3) is 0.650. The second kappa shape index (κ2) is 7.13. The molecule has 4 aliphatic rings. The summed E-state index contributed by atoms with van der Waals surface area (Å²) in [4.78, 5) is 7.04. The molecule has 4 nitrogen and oxygen atoms in total. The number of rotatable bonds is 3. The molecule has 0 spiro atoms. The van der Waals surface area contributed by atoms with Gasteiger partial charge in [-0.2, -0.15) is 0 Å². The van der Waals surface area contributed by atoms with E-state index in [0.717, 1.165) is 30.6 Å². The van der Waals surface area contributed by atoms with Gasteiger partial charge in [-0.05, 0) is 43.4 Å². The standard InChI is InChI=1S/C20H26ClN3O.HI/c1-22-19(24-10-15-16(11-24)18-7-6-17(15)25-18)23-12-20(8-9-20)13-2-4-14(21)5-3-13;/h2-5,15-18H,6-12H2,1H3,(H,22,23);1H. The van der Waals surface area contributed by atoms with Gasteiger partial charge in [0.15, 0.2) is 5.96 Å². The van der Waals surface area contributed by atoms with Crippen molar-refractivity contribution < 1.29 is 4.74 Å². The number of nitrogens with zero attached hydrogens (tertiary/aromatic N) is 2. The number of hydrogen-bond donors (Lipinski definition) is 1. The van der Waals surface area contributed by atoms with Crippen LogP contribution in [0.3, 0.4) is 0 Å². The van der Waals surface area contributed by atoms with Crippen LogP contribution in [0.25, 0.3) is 0 Å². The van der Waals surface area contributed by atoms with Gasteiger partial charge in [-0.15, -0.1) is 24.0 Å². The van der Waals surface area contributed by atoms with Crippen molar-refractivity contribution in [3.8, 4) is 0 Å². The summed E-state index contributed by atoms with van der Waals surface area (Å²) in [6.07, 6.45) is 5.99. The van der Waals surface area contributed by atoms with E-state index in [-0.39, 0.29) is 29.4 Å². The predicted molar refractivity (Wildman–Crippen MR) is 116 cm³/mol. The van der Waals surface area contributed by atoms with Crippen molar-refractivity contribution in [3.63, 3.8) is 0 Å². The second-order valence-corrected chi connectivity index (χ2v) is 8.65. The van der Waals surface area contributed by atoms with Gasteiger partial charge in [0.05, 0.1) is 12.2 Å². The Kier molecular flexibility index (Phi) is 5.16. The molecule has 4 fully saturated rings. The Labute approximate surface area is 177 Å². The lowest BCUT2D eigenvalue weighted by molar-refractivity contribution is 0.0767. The number of aliphatic imine (C=N–C) groups is 1. The molecule has 1 aromatic rings. The fourth-order valence-electron chi connectivity index (χ4n) is 5.24. The molecule has 3 heterocycles. The molecule has 0 amide bonds. The molecule has 26 heavy (non-hydrogen) atoms. The highest BCUT2D eigenvalue weighted by Gasteiger charge is 2.53. The molecular formula is C20H27ClIN3O. The molecule has 2 bridgehead atoms. The Morgan fingerprint density at radius 1 is 1.19 bits per heavy atom. The second-order valence-electron chi connectivity index (χ2n) is 8.21. The van der Waals surface area contributed by atoms with Gasteiger partial charge in [0.25, 0.3) is 0 Å². The van der Waals surface area contributed by atoms with Crippen molar-refractivity contribution >= 4 is 41.5 Å². The van der Waals surface area contributed by atoms with Crippen LogP contribution in [0, 0.1) is 11.8 Å². The van der Waals surface area contributed by atoms with Crippen molar-refractivity contribution in [1.29, 1.82) is 0 Å². The van der Waals surface area contributed by atoms with Crippen LogP contribution < -0.4 is 5.32 Å². The first-order chi connectivity index (χ1) is 12.2. The summed E-state index contributed by atoms with van der Waals surface area (Å²) in [5, 5.41) is 4.48. The van der Waals surface area contributed by atoms with Crippen LogP contribution in [0.5, 0.6) is 0 Å². The first-order valence-electron chi connectivity index (χ1n) is 9.56. The molecule has 3 saturated heterocycles. The minimum atomic E-state index is 0. The number of likely N-dealkylation sites (tertiary alicyclic amines) is 1. The lowest BCUT2D eigenvalue weighted by Crippen LogP contribution is -2.44. The van der Waals surface area contributed by atoms with Crippen LogP contribution >= 0.6 is 35.6 Å². The summed E-state index contributed by atoms with van der Waals surface area (Å²) in [5.41, 5.74) is 1.66. The van der Waals surface area contributed by atoms with Gasteiger partial charge in [0.2, 0.25) is 0 Å². The zero-order chi connectivity index (χ0) is 17.0. The molecule has 142 valence electrons. The molecule has 1 aliphatic carbocycles. The maximum Gasteiger partial charge on any atom is 0.193 e. The van der Waals surface area contributed by atoms with Gasteiger partial charge in [-0.3, -0.25) is 4.99 Å². The largest absolute Gasteiger partial charge is 0.374 e. The molecule has 0 aromatic heterocycles. The van der Waals surface area contributed by atoms with Gasteiger partial charge in [0.1, 0.15) is 0 Å². The summed E-state index contributed by atoms with van der Waals surface area (Å²) in [7, 11) is 1.91. The van der Waals surface area contributed by atoms with Crippen LogP contribution in [0.2, 0.25) is 5.02 Å². The first-order valence-corrected chi connectivity index (χ1v) is 9.93. The monoisotopic (exact) mass is 487 g/mol. The minimum Gasteiger partial charge on any atom is -0.374 e. The smallest absolute Gasteiger partial charge is 0.193 e. The van der Waals surface area contributed by atoms with Crippen molar-refractivity contribution in [2.45, 2.75) is 43.3 Å². The van der Waals surface area contributed by atoms with Gasteiger partial charge in [0, 0.05) is 49.0 Å². The third-order valence-electron chi connectivity index (χ3n) is 6.86. The number of halogens is 2. The Hall–Kier alpha value is -0.530. The predicted octanol–water partition coefficient (Wildman–Crippen LogP) is 3.67. The van der Waals surface area contributed by atoms with Crippen LogP contribution in [0.15, 0.2) is 29.3 Å². The molecule has 1 N–H and O–H groups in total. The number of hydrogen-bond acceptors (Lipinski definition) is 2. The highest BCUT2D eigenvalue weighted by Crippen LogP contribution is 2.49. The van der Waals surface area contributed by atoms with Gasteiger partial charge in [-0.1, -0.05) is 23.7 Å². The SMILES string of the molecule is CN=C(NCC1(c2ccc(Cl)cc2)CC1)N1CC2C3CCC(O3)C2C1.I. The minimum absolute atomic E-state index is 0. The molecular weight excluding hydrogens is 461 g/mol. The Balaban J connectivity index is 0.00000168. The van der Waals surface area contributed by atoms with E-state index in [1.165, 1.54) is 31.2 Å². The Morgan fingerprint density at radius 3 is 2.35 bits per heavy atom. The summed E-state index contributed by atoms with van der Waals surface area (Å²) in [5.74, 6) is 2.49. The van der Waals surface area contributed by atoms with E-state index in [0.29, 0.717) is 24.0 Å². The topological polar surface area (TPSA) is 36.9 Å². The number of ether oxygens (including phenoxy) is 1. The van der Waals surface area contributed by atoms with E-state index < -0.39 is 0 Å². The molecule has 6 heteroatoms. The van der Waals surface area contributed by atoms with Crippen molar-refractivity contribution in [2.24, 2.45) is 16.8 Å². The van der Waals surface area contributed by atoms with Crippen LogP contribution in [-0.4, -0.2) is 49.7 Å². The van der Waals surface area contributed by atoms with Crippen LogP contribution in [0.1, 0.15) is 31.2 Å². The molecule has 0 radical (unpaired) electrons. The first kappa shape index (κ1) is 18.8. The maximum absolute atomic E-state index is 6.09. The average molecular weight is 488 g/mol. The molecule has 3 aliphatic heterocycles. The fourth-order valence-corrected chi connectivity index (χ4v) is 5.36. The lowest BCUT2D eigenvalue weighted by atomic mass is 9.82. The molecule has 1 saturated carbocycles. The van der Waals surface area contributed by atoms with E-state index in [4.69, 9.17) is 16.3 Å². The van der Waals surface area contributed by atoms with Crippen LogP contribution in [-0.2, 0) is 10.2 Å². The third kappa shape index (κ3) is 3.14. The zero-order valence-electron chi connectivity index (χ0n) is 15.2. The Bertz CT molecular complexity index is 673. The number of fused-ring (bicyclic) bond motifs is 5. The Morgan fingerprint density at radius 2 is 1.81 bits per heavy atom. The highest BCUT2D eigenvalue weighted by molar-refractivity contribution is 14.0. The van der Waals surface area contributed by atoms with E-state index in [1.54, 1.807) is 0 Å². The molecule has 1 aromatic carbocycles. The van der Waals surface area contributed by atoms with E-state index in [2.05, 4.69) is 27.3 Å². The van der Waals surface area contributed by atoms with E-state index in [1.807, 2.05) is 19.2 Å². The van der Waals surface area contributed by atoms with Gasteiger partial charge >= 0.3 is 0 Å². The lowest BCUT2D eigenvalue weighted by Gasteiger charge is -2.26. The van der Waals surface area contributed by atoms with E-state index >= 15 is 0 Å². The summed E-state index contributed by atoms with van der Waals surface area (Å²) >= 11 is 6.04. The average Bonchev–Trinajstić information content (AvgIpc) is 2.99. The summed E-state index contributed by atoms with van der Waals surface area (Å²) < 4.78 is 6.09. The van der Waals surface area contributed by atoms with Gasteiger partial charge in [-0.25, -0.2) is 0 Å². The van der Waals surface area contributed by atoms with Crippen molar-refractivity contribution in [3.05, 3.63) is 34.9 Å². The number of guanidine groups is 1. The normalized spacial score (nSPS) is 33.8. The zero-order valence-corrected chi connectivity index (χ0v) is 18.2. The third-order valence-corrected chi connectivity index (χ3v) is 7.11. The molecule has 5 rings (SSSR count). The highest BCUT2D eigenvalue weighted by atomic mass is 127. The number of nitrogens with one attached hydrogen (secondary N) is 1. The maximum atomic E-state index is 6.09. The van der Waals surface area contributed by atoms with Crippen LogP contribution in [0.4, 0.5) is 0 Å². The molecule has 4 atom stereocenters.